The number of fused-ring (bicyclic) bond motifs is 1. The highest BCUT2D eigenvalue weighted by Crippen LogP contribution is 2.21. The van der Waals surface area contributed by atoms with E-state index in [-0.39, 0.29) is 15.9 Å². The molecule has 0 unspecified atom stereocenters. The Balaban J connectivity index is 2.95. The summed E-state index contributed by atoms with van der Waals surface area (Å²) in [5, 5.41) is -0.315. The molecule has 2 rings (SSSR count). The van der Waals surface area contributed by atoms with Crippen LogP contribution in [0.2, 0.25) is 5.02 Å². The third kappa shape index (κ3) is 2.15. The summed E-state index contributed by atoms with van der Waals surface area (Å²) in [6.45, 7) is 0. The molecule has 0 aliphatic carbocycles. The SMILES string of the molecule is O=c1c(S(=O)(=O)Cl)c[nH]c2cc(F)c(Cl)cc12. The van der Waals surface area contributed by atoms with Crippen LogP contribution in [0.4, 0.5) is 4.39 Å². The number of hydrogen-bond donors (Lipinski definition) is 1. The van der Waals surface area contributed by atoms with Gasteiger partial charge in [0.2, 0.25) is 5.43 Å². The lowest BCUT2D eigenvalue weighted by atomic mass is 10.2. The fourth-order valence-electron chi connectivity index (χ4n) is 1.38. The van der Waals surface area contributed by atoms with Crippen LogP contribution in [-0.2, 0) is 9.05 Å². The van der Waals surface area contributed by atoms with Gasteiger partial charge in [0.25, 0.3) is 9.05 Å². The fraction of sp³-hybridized carbons (Fsp3) is 0. The second-order valence-corrected chi connectivity index (χ2v) is 6.17. The summed E-state index contributed by atoms with van der Waals surface area (Å²) in [4.78, 5) is 13.6. The second kappa shape index (κ2) is 3.97. The fourth-order valence-corrected chi connectivity index (χ4v) is 2.42. The summed E-state index contributed by atoms with van der Waals surface area (Å²) in [5.41, 5.74) is -0.684. The van der Waals surface area contributed by atoms with Gasteiger partial charge < -0.3 is 4.98 Å². The zero-order chi connectivity index (χ0) is 12.8. The van der Waals surface area contributed by atoms with E-state index in [0.717, 1.165) is 18.3 Å². The molecule has 0 saturated heterocycles. The minimum atomic E-state index is -4.16. The summed E-state index contributed by atoms with van der Waals surface area (Å²) in [7, 11) is 0.924. The van der Waals surface area contributed by atoms with E-state index < -0.39 is 25.2 Å². The largest absolute Gasteiger partial charge is 0.360 e. The van der Waals surface area contributed by atoms with Gasteiger partial charge in [-0.25, -0.2) is 12.8 Å². The van der Waals surface area contributed by atoms with E-state index >= 15 is 0 Å². The highest BCUT2D eigenvalue weighted by atomic mass is 35.7. The molecule has 0 atom stereocenters. The number of pyridine rings is 1. The van der Waals surface area contributed by atoms with Crippen molar-refractivity contribution in [1.29, 1.82) is 0 Å². The minimum Gasteiger partial charge on any atom is -0.360 e. The van der Waals surface area contributed by atoms with E-state index in [1.54, 1.807) is 0 Å². The Labute approximate surface area is 104 Å². The number of nitrogens with one attached hydrogen (secondary N) is 1. The highest BCUT2D eigenvalue weighted by Gasteiger charge is 2.17. The van der Waals surface area contributed by atoms with Crippen molar-refractivity contribution in [3.05, 3.63) is 39.4 Å². The van der Waals surface area contributed by atoms with Crippen molar-refractivity contribution >= 4 is 42.2 Å². The van der Waals surface area contributed by atoms with E-state index in [9.17, 15) is 17.6 Å². The van der Waals surface area contributed by atoms with Gasteiger partial charge in [0.05, 0.1) is 10.5 Å². The number of hydrogen-bond acceptors (Lipinski definition) is 3. The molecular weight excluding hydrogens is 292 g/mol. The number of benzene rings is 1. The maximum atomic E-state index is 13.1. The van der Waals surface area contributed by atoms with Crippen molar-refractivity contribution in [2.24, 2.45) is 0 Å². The molecule has 90 valence electrons. The predicted octanol–water partition coefficient (Wildman–Crippen LogP) is 2.25. The van der Waals surface area contributed by atoms with Crippen molar-refractivity contribution < 1.29 is 12.8 Å². The van der Waals surface area contributed by atoms with Gasteiger partial charge in [-0.3, -0.25) is 4.79 Å². The standard InChI is InChI=1S/C9H4Cl2FNO3S/c10-5-1-4-7(2-6(5)12)13-3-8(9(4)14)17(11,15)16/h1-3H,(H,13,14). The van der Waals surface area contributed by atoms with Crippen LogP contribution >= 0.6 is 22.3 Å². The molecule has 0 aliphatic heterocycles. The van der Waals surface area contributed by atoms with Crippen LogP contribution in [0.5, 0.6) is 0 Å². The molecule has 1 aromatic carbocycles. The summed E-state index contributed by atoms with van der Waals surface area (Å²) in [6.07, 6.45) is 0.917. The lowest BCUT2D eigenvalue weighted by molar-refractivity contribution is 0.608. The average molecular weight is 296 g/mol. The molecule has 4 nitrogen and oxygen atoms in total. The van der Waals surface area contributed by atoms with Crippen LogP contribution in [-0.4, -0.2) is 13.4 Å². The normalized spacial score (nSPS) is 11.9. The minimum absolute atomic E-state index is 0.0434. The average Bonchev–Trinajstić information content (AvgIpc) is 2.19. The van der Waals surface area contributed by atoms with E-state index in [2.05, 4.69) is 4.98 Å². The van der Waals surface area contributed by atoms with Gasteiger partial charge in [0, 0.05) is 22.3 Å². The third-order valence-corrected chi connectivity index (χ3v) is 3.77. The summed E-state index contributed by atoms with van der Waals surface area (Å²) in [6, 6.07) is 2.06. The van der Waals surface area contributed by atoms with Gasteiger partial charge in [-0.2, -0.15) is 0 Å². The van der Waals surface area contributed by atoms with Gasteiger partial charge in [0.1, 0.15) is 10.7 Å². The number of aromatic amines is 1. The highest BCUT2D eigenvalue weighted by molar-refractivity contribution is 8.13. The maximum absolute atomic E-state index is 13.1. The van der Waals surface area contributed by atoms with E-state index in [0.29, 0.717) is 0 Å². The molecule has 1 heterocycles. The predicted molar refractivity (Wildman–Crippen MR) is 62.6 cm³/mol. The number of H-pyrrole nitrogens is 1. The molecule has 0 fully saturated rings. The molecule has 0 spiro atoms. The first-order chi connectivity index (χ1) is 7.80. The van der Waals surface area contributed by atoms with Crippen LogP contribution in [0.3, 0.4) is 0 Å². The van der Waals surface area contributed by atoms with Crippen molar-refractivity contribution in [2.45, 2.75) is 4.90 Å². The Morgan fingerprint density at radius 3 is 2.53 bits per heavy atom. The smallest absolute Gasteiger partial charge is 0.266 e. The Morgan fingerprint density at radius 1 is 1.29 bits per heavy atom. The molecule has 8 heteroatoms. The topological polar surface area (TPSA) is 67.0 Å². The van der Waals surface area contributed by atoms with Gasteiger partial charge in [0.15, 0.2) is 0 Å². The monoisotopic (exact) mass is 295 g/mol. The van der Waals surface area contributed by atoms with Crippen molar-refractivity contribution in [1.82, 2.24) is 4.98 Å². The summed E-state index contributed by atoms with van der Waals surface area (Å²) in [5.74, 6) is -0.712. The van der Waals surface area contributed by atoms with E-state index in [1.807, 2.05) is 0 Å². The number of halogens is 3. The Morgan fingerprint density at radius 2 is 1.94 bits per heavy atom. The quantitative estimate of drug-likeness (QED) is 0.821. The number of aromatic nitrogens is 1. The van der Waals surface area contributed by atoms with Gasteiger partial charge in [-0.05, 0) is 12.1 Å². The molecule has 0 aliphatic rings. The molecule has 0 saturated carbocycles. The van der Waals surface area contributed by atoms with Crippen LogP contribution in [0.1, 0.15) is 0 Å². The third-order valence-electron chi connectivity index (χ3n) is 2.15. The van der Waals surface area contributed by atoms with E-state index in [4.69, 9.17) is 22.3 Å². The number of rotatable bonds is 1. The van der Waals surface area contributed by atoms with Crippen LogP contribution < -0.4 is 5.43 Å². The summed E-state index contributed by atoms with van der Waals surface area (Å²) < 4.78 is 35.3. The van der Waals surface area contributed by atoms with Crippen molar-refractivity contribution in [3.8, 4) is 0 Å². The second-order valence-electron chi connectivity index (χ2n) is 3.23. The van der Waals surface area contributed by atoms with Crippen molar-refractivity contribution in [3.63, 3.8) is 0 Å². The first-order valence-corrected chi connectivity index (χ1v) is 6.94. The Kier molecular flexibility index (Phi) is 2.89. The van der Waals surface area contributed by atoms with E-state index in [1.165, 1.54) is 0 Å². The molecule has 0 radical (unpaired) electrons. The van der Waals surface area contributed by atoms with Crippen LogP contribution in [0.25, 0.3) is 10.9 Å². The van der Waals surface area contributed by atoms with Gasteiger partial charge >= 0.3 is 0 Å². The molecular formula is C9H4Cl2FNO3S. The lowest BCUT2D eigenvalue weighted by Gasteiger charge is -2.02. The summed E-state index contributed by atoms with van der Waals surface area (Å²) >= 11 is 5.52. The Bertz CT molecular complexity index is 770. The zero-order valence-electron chi connectivity index (χ0n) is 8.00. The molecule has 2 aromatic rings. The molecule has 1 N–H and O–H groups in total. The van der Waals surface area contributed by atoms with Crippen LogP contribution in [0.15, 0.2) is 28.0 Å². The molecule has 17 heavy (non-hydrogen) atoms. The van der Waals surface area contributed by atoms with Gasteiger partial charge in [-0.1, -0.05) is 11.6 Å². The molecule has 0 bridgehead atoms. The Hall–Kier alpha value is -1.11. The maximum Gasteiger partial charge on any atom is 0.266 e. The molecule has 1 aromatic heterocycles. The first kappa shape index (κ1) is 12.3. The first-order valence-electron chi connectivity index (χ1n) is 4.26. The van der Waals surface area contributed by atoms with Crippen molar-refractivity contribution in [2.75, 3.05) is 0 Å². The lowest BCUT2D eigenvalue weighted by Crippen LogP contribution is -2.12. The van der Waals surface area contributed by atoms with Gasteiger partial charge in [-0.15, -0.1) is 0 Å². The zero-order valence-corrected chi connectivity index (χ0v) is 10.3. The molecule has 0 amide bonds. The van der Waals surface area contributed by atoms with Crippen LogP contribution in [0, 0.1) is 5.82 Å².